The number of halogens is 1. The number of fused-ring (bicyclic) bond motifs is 1. The molecule has 0 fully saturated rings. The van der Waals surface area contributed by atoms with Gasteiger partial charge in [-0.2, -0.15) is 0 Å². The molecule has 158 valence electrons. The number of hydrogen-bond donors (Lipinski definition) is 0. The summed E-state index contributed by atoms with van der Waals surface area (Å²) in [6, 6.07) is 17.1. The van der Waals surface area contributed by atoms with Gasteiger partial charge in [0.25, 0.3) is 11.5 Å². The fourth-order valence-electron chi connectivity index (χ4n) is 3.84. The van der Waals surface area contributed by atoms with Gasteiger partial charge in [-0.3, -0.25) is 9.59 Å². The Bertz CT molecular complexity index is 1200. The van der Waals surface area contributed by atoms with E-state index in [1.54, 1.807) is 6.07 Å². The molecule has 0 saturated carbocycles. The molecule has 0 aliphatic carbocycles. The van der Waals surface area contributed by atoms with Gasteiger partial charge in [0.15, 0.2) is 0 Å². The number of rotatable bonds is 4. The highest BCUT2D eigenvalue weighted by Gasteiger charge is 2.35. The van der Waals surface area contributed by atoms with E-state index in [2.05, 4.69) is 0 Å². The third-order valence-electron chi connectivity index (χ3n) is 5.51. The van der Waals surface area contributed by atoms with Gasteiger partial charge in [0.05, 0.1) is 19.2 Å². The summed E-state index contributed by atoms with van der Waals surface area (Å²) in [6.45, 7) is 0.529. The predicted octanol–water partition coefficient (Wildman–Crippen LogP) is 3.29. The first-order valence-corrected chi connectivity index (χ1v) is 10.2. The molecule has 2 aromatic carbocycles. The van der Waals surface area contributed by atoms with Crippen molar-refractivity contribution in [3.63, 3.8) is 0 Å². The van der Waals surface area contributed by atoms with Crippen LogP contribution in [-0.2, 0) is 29.0 Å². The normalized spacial score (nSPS) is 15.3. The topological polar surface area (TPSA) is 68.6 Å². The van der Waals surface area contributed by atoms with E-state index in [0.717, 1.165) is 16.7 Å². The molecular weight excluding hydrogens is 416 g/mol. The lowest BCUT2D eigenvalue weighted by atomic mass is 9.93. The number of esters is 1. The standard InChI is InChI=1S/C24H21ClN2O4/c1-31-24(30)21-12-16-6-2-3-7-17(16)15-27(21)23(29)19-10-11-22(28)26(14-19)13-18-8-4-5-9-20(18)25/h2-11,14,21H,12-13,15H2,1H3. The molecule has 0 radical (unpaired) electrons. The lowest BCUT2D eigenvalue weighted by Gasteiger charge is -2.35. The molecule has 0 N–H and O–H groups in total. The summed E-state index contributed by atoms with van der Waals surface area (Å²) in [7, 11) is 1.31. The van der Waals surface area contributed by atoms with E-state index in [1.807, 2.05) is 42.5 Å². The Hall–Kier alpha value is -3.38. The highest BCUT2D eigenvalue weighted by atomic mass is 35.5. The van der Waals surface area contributed by atoms with Crippen LogP contribution in [0.2, 0.25) is 5.02 Å². The number of pyridine rings is 1. The average molecular weight is 437 g/mol. The van der Waals surface area contributed by atoms with Crippen LogP contribution in [0.15, 0.2) is 71.7 Å². The first kappa shape index (κ1) is 20.9. The monoisotopic (exact) mass is 436 g/mol. The first-order chi connectivity index (χ1) is 15.0. The summed E-state index contributed by atoms with van der Waals surface area (Å²) in [6.07, 6.45) is 1.90. The number of amides is 1. The second kappa shape index (κ2) is 8.78. The maximum atomic E-state index is 13.4. The smallest absolute Gasteiger partial charge is 0.328 e. The summed E-state index contributed by atoms with van der Waals surface area (Å²) in [4.78, 5) is 39.7. The summed E-state index contributed by atoms with van der Waals surface area (Å²) in [5, 5.41) is 0.546. The van der Waals surface area contributed by atoms with Crippen molar-refractivity contribution in [3.8, 4) is 0 Å². The van der Waals surface area contributed by atoms with Crippen molar-refractivity contribution in [1.29, 1.82) is 0 Å². The van der Waals surface area contributed by atoms with Crippen LogP contribution in [0.1, 0.15) is 27.0 Å². The number of aromatic nitrogens is 1. The molecule has 3 aromatic rings. The molecule has 1 aliphatic heterocycles. The van der Waals surface area contributed by atoms with Gasteiger partial charge < -0.3 is 14.2 Å². The Labute approximate surface area is 184 Å². The zero-order valence-electron chi connectivity index (χ0n) is 17.0. The first-order valence-electron chi connectivity index (χ1n) is 9.87. The summed E-state index contributed by atoms with van der Waals surface area (Å²) in [5.41, 5.74) is 2.85. The fraction of sp³-hybridized carbons (Fsp3) is 0.208. The Morgan fingerprint density at radius 3 is 2.48 bits per heavy atom. The minimum absolute atomic E-state index is 0.239. The van der Waals surface area contributed by atoms with Gasteiger partial charge in [-0.1, -0.05) is 54.1 Å². The molecule has 31 heavy (non-hydrogen) atoms. The number of methoxy groups -OCH3 is 1. The summed E-state index contributed by atoms with van der Waals surface area (Å²) < 4.78 is 6.40. The molecule has 0 bridgehead atoms. The number of carbonyl (C=O) groups is 2. The van der Waals surface area contributed by atoms with Crippen molar-refractivity contribution in [2.75, 3.05) is 7.11 Å². The summed E-state index contributed by atoms with van der Waals surface area (Å²) >= 11 is 6.23. The molecular formula is C24H21ClN2O4. The van der Waals surface area contributed by atoms with Crippen molar-refractivity contribution >= 4 is 23.5 Å². The van der Waals surface area contributed by atoms with Crippen LogP contribution < -0.4 is 5.56 Å². The van der Waals surface area contributed by atoms with Crippen molar-refractivity contribution < 1.29 is 14.3 Å². The average Bonchev–Trinajstić information content (AvgIpc) is 2.80. The van der Waals surface area contributed by atoms with Crippen LogP contribution in [0.3, 0.4) is 0 Å². The Kier molecular flexibility index (Phi) is 5.91. The minimum atomic E-state index is -0.726. The van der Waals surface area contributed by atoms with Gasteiger partial charge in [-0.05, 0) is 28.8 Å². The van der Waals surface area contributed by atoms with Crippen LogP contribution in [-0.4, -0.2) is 34.5 Å². The second-order valence-electron chi connectivity index (χ2n) is 7.42. The molecule has 1 atom stereocenters. The number of nitrogens with zero attached hydrogens (tertiary/aromatic N) is 2. The van der Waals surface area contributed by atoms with Crippen LogP contribution in [0.25, 0.3) is 0 Å². The van der Waals surface area contributed by atoms with Gasteiger partial charge in [-0.25, -0.2) is 4.79 Å². The van der Waals surface area contributed by atoms with E-state index in [0.29, 0.717) is 23.6 Å². The third-order valence-corrected chi connectivity index (χ3v) is 5.88. The number of benzene rings is 2. The van der Waals surface area contributed by atoms with E-state index in [4.69, 9.17) is 16.3 Å². The quantitative estimate of drug-likeness (QED) is 0.588. The SMILES string of the molecule is COC(=O)C1Cc2ccccc2CN1C(=O)c1ccc(=O)n(Cc2ccccc2Cl)c1. The zero-order valence-corrected chi connectivity index (χ0v) is 17.7. The second-order valence-corrected chi connectivity index (χ2v) is 7.83. The molecule has 0 saturated heterocycles. The van der Waals surface area contributed by atoms with Crippen LogP contribution in [0, 0.1) is 0 Å². The number of carbonyl (C=O) groups excluding carboxylic acids is 2. The molecule has 0 spiro atoms. The van der Waals surface area contributed by atoms with E-state index < -0.39 is 12.0 Å². The molecule has 2 heterocycles. The van der Waals surface area contributed by atoms with Crippen LogP contribution >= 0.6 is 11.6 Å². The van der Waals surface area contributed by atoms with Gasteiger partial charge >= 0.3 is 5.97 Å². The highest BCUT2D eigenvalue weighted by molar-refractivity contribution is 6.31. The maximum Gasteiger partial charge on any atom is 0.328 e. The molecule has 4 rings (SSSR count). The van der Waals surface area contributed by atoms with Gasteiger partial charge in [-0.15, -0.1) is 0 Å². The Balaban J connectivity index is 1.67. The molecule has 1 aliphatic rings. The third kappa shape index (κ3) is 4.25. The van der Waals surface area contributed by atoms with Gasteiger partial charge in [0.2, 0.25) is 0 Å². The number of ether oxygens (including phenoxy) is 1. The zero-order chi connectivity index (χ0) is 22.0. The summed E-state index contributed by atoms with van der Waals surface area (Å²) in [5.74, 6) is -0.801. The van der Waals surface area contributed by atoms with Gasteiger partial charge in [0, 0.05) is 30.3 Å². The number of hydrogen-bond acceptors (Lipinski definition) is 4. The van der Waals surface area contributed by atoms with Crippen molar-refractivity contribution in [1.82, 2.24) is 9.47 Å². The van der Waals surface area contributed by atoms with E-state index in [-0.39, 0.29) is 18.0 Å². The lowest BCUT2D eigenvalue weighted by molar-refractivity contribution is -0.146. The van der Waals surface area contributed by atoms with E-state index >= 15 is 0 Å². The Morgan fingerprint density at radius 1 is 1.03 bits per heavy atom. The molecule has 1 unspecified atom stereocenters. The minimum Gasteiger partial charge on any atom is -0.467 e. The Morgan fingerprint density at radius 2 is 1.74 bits per heavy atom. The van der Waals surface area contributed by atoms with Crippen LogP contribution in [0.4, 0.5) is 0 Å². The highest BCUT2D eigenvalue weighted by Crippen LogP contribution is 2.25. The van der Waals surface area contributed by atoms with E-state index in [9.17, 15) is 14.4 Å². The largest absolute Gasteiger partial charge is 0.467 e. The lowest BCUT2D eigenvalue weighted by Crippen LogP contribution is -2.49. The molecule has 1 aromatic heterocycles. The maximum absolute atomic E-state index is 13.4. The van der Waals surface area contributed by atoms with Crippen LogP contribution in [0.5, 0.6) is 0 Å². The molecule has 6 nitrogen and oxygen atoms in total. The fourth-order valence-corrected chi connectivity index (χ4v) is 4.04. The van der Waals surface area contributed by atoms with Crippen molar-refractivity contribution in [2.45, 2.75) is 25.6 Å². The molecule has 7 heteroatoms. The predicted molar refractivity (Wildman–Crippen MR) is 117 cm³/mol. The van der Waals surface area contributed by atoms with E-state index in [1.165, 1.54) is 34.9 Å². The van der Waals surface area contributed by atoms with Crippen molar-refractivity contribution in [2.24, 2.45) is 0 Å². The molecule has 1 amide bonds. The van der Waals surface area contributed by atoms with Crippen molar-refractivity contribution in [3.05, 3.63) is 104 Å². The van der Waals surface area contributed by atoms with Gasteiger partial charge in [0.1, 0.15) is 6.04 Å².